The lowest BCUT2D eigenvalue weighted by Gasteiger charge is -2.34. The van der Waals surface area contributed by atoms with Crippen molar-refractivity contribution >= 4 is 29.9 Å². The molecule has 1 aromatic carbocycles. The van der Waals surface area contributed by atoms with Crippen LogP contribution in [0.1, 0.15) is 30.1 Å². The van der Waals surface area contributed by atoms with Crippen molar-refractivity contribution in [2.75, 3.05) is 25.0 Å². The molecule has 3 rings (SSSR count). The molecule has 3 N–H and O–H groups in total. The number of nitrogens with zero attached hydrogens (tertiary/aromatic N) is 1. The Bertz CT molecular complexity index is 598. The van der Waals surface area contributed by atoms with Crippen LogP contribution >= 0.6 is 12.4 Å². The van der Waals surface area contributed by atoms with Crippen LogP contribution in [0.4, 0.5) is 5.69 Å². The lowest BCUT2D eigenvalue weighted by Crippen LogP contribution is -2.42. The highest BCUT2D eigenvalue weighted by Crippen LogP contribution is 2.29. The van der Waals surface area contributed by atoms with E-state index in [-0.39, 0.29) is 36.9 Å². The van der Waals surface area contributed by atoms with E-state index < -0.39 is 0 Å². The zero-order valence-electron chi connectivity index (χ0n) is 13.1. The summed E-state index contributed by atoms with van der Waals surface area (Å²) in [6.07, 6.45) is 1.88. The molecule has 0 spiro atoms. The van der Waals surface area contributed by atoms with Gasteiger partial charge in [0.1, 0.15) is 5.75 Å². The Balaban J connectivity index is 0.00000192. The molecule has 2 amide bonds. The van der Waals surface area contributed by atoms with Crippen LogP contribution in [0.5, 0.6) is 5.75 Å². The number of nitrogens with one attached hydrogen (secondary N) is 1. The fourth-order valence-electron chi connectivity index (χ4n) is 3.03. The van der Waals surface area contributed by atoms with Gasteiger partial charge in [0.15, 0.2) is 6.61 Å². The van der Waals surface area contributed by atoms with E-state index in [1.54, 1.807) is 18.2 Å². The third-order valence-corrected chi connectivity index (χ3v) is 4.43. The molecule has 1 aromatic rings. The predicted molar refractivity (Wildman–Crippen MR) is 90.1 cm³/mol. The number of likely N-dealkylation sites (tertiary alicyclic amines) is 1. The third-order valence-electron chi connectivity index (χ3n) is 4.43. The topological polar surface area (TPSA) is 84.7 Å². The van der Waals surface area contributed by atoms with E-state index in [2.05, 4.69) is 5.32 Å². The number of amides is 2. The fourth-order valence-corrected chi connectivity index (χ4v) is 3.03. The Morgan fingerprint density at radius 1 is 1.39 bits per heavy atom. The maximum atomic E-state index is 12.6. The maximum absolute atomic E-state index is 12.6. The van der Waals surface area contributed by atoms with Crippen molar-refractivity contribution in [3.63, 3.8) is 0 Å². The minimum Gasteiger partial charge on any atom is -0.482 e. The number of ether oxygens (including phenoxy) is 1. The predicted octanol–water partition coefficient (Wildman–Crippen LogP) is 1.64. The average Bonchev–Trinajstić information content (AvgIpc) is 2.53. The number of fused-ring (bicyclic) bond motifs is 1. The molecule has 0 radical (unpaired) electrons. The molecule has 126 valence electrons. The number of hydrogen-bond acceptors (Lipinski definition) is 4. The summed E-state index contributed by atoms with van der Waals surface area (Å²) in [5.41, 5.74) is 7.07. The number of piperidine rings is 1. The molecule has 1 saturated heterocycles. The molecule has 0 bridgehead atoms. The van der Waals surface area contributed by atoms with E-state index >= 15 is 0 Å². The van der Waals surface area contributed by atoms with Gasteiger partial charge in [-0.15, -0.1) is 12.4 Å². The van der Waals surface area contributed by atoms with Crippen LogP contribution in [-0.2, 0) is 4.79 Å². The van der Waals surface area contributed by atoms with Crippen molar-refractivity contribution in [3.8, 4) is 5.75 Å². The first-order valence-electron chi connectivity index (χ1n) is 7.66. The highest BCUT2D eigenvalue weighted by Gasteiger charge is 2.26. The molecule has 7 heteroatoms. The van der Waals surface area contributed by atoms with Gasteiger partial charge >= 0.3 is 0 Å². The molecule has 0 aliphatic carbocycles. The third kappa shape index (κ3) is 3.76. The largest absolute Gasteiger partial charge is 0.482 e. The number of hydrogen-bond donors (Lipinski definition) is 2. The molecule has 6 nitrogen and oxygen atoms in total. The summed E-state index contributed by atoms with van der Waals surface area (Å²) < 4.78 is 5.31. The summed E-state index contributed by atoms with van der Waals surface area (Å²) in [6, 6.07) is 5.34. The van der Waals surface area contributed by atoms with E-state index in [0.717, 1.165) is 25.9 Å². The van der Waals surface area contributed by atoms with Crippen LogP contribution in [0.25, 0.3) is 0 Å². The van der Waals surface area contributed by atoms with Crippen LogP contribution in [0.2, 0.25) is 0 Å². The van der Waals surface area contributed by atoms with Gasteiger partial charge in [0.05, 0.1) is 5.69 Å². The van der Waals surface area contributed by atoms with Gasteiger partial charge in [0, 0.05) is 24.7 Å². The van der Waals surface area contributed by atoms with Crippen molar-refractivity contribution in [2.45, 2.75) is 25.8 Å². The number of rotatable bonds is 2. The number of benzene rings is 1. The SMILES string of the molecule is CC(N)C1CCN(C(=O)c2ccc3c(c2)NC(=O)CO3)CC1.Cl. The molecule has 2 aliphatic rings. The summed E-state index contributed by atoms with van der Waals surface area (Å²) in [7, 11) is 0. The van der Waals surface area contributed by atoms with Gasteiger partial charge in [0.25, 0.3) is 11.8 Å². The van der Waals surface area contributed by atoms with Crippen LogP contribution in [0.3, 0.4) is 0 Å². The lowest BCUT2D eigenvalue weighted by molar-refractivity contribution is -0.118. The second kappa shape index (κ2) is 7.19. The minimum atomic E-state index is -0.199. The molecule has 2 aliphatic heterocycles. The van der Waals surface area contributed by atoms with Crippen LogP contribution < -0.4 is 15.8 Å². The number of anilines is 1. The van der Waals surface area contributed by atoms with Crippen molar-refractivity contribution in [1.82, 2.24) is 4.90 Å². The maximum Gasteiger partial charge on any atom is 0.262 e. The summed E-state index contributed by atoms with van der Waals surface area (Å²) >= 11 is 0. The minimum absolute atomic E-state index is 0. The zero-order chi connectivity index (χ0) is 15.7. The summed E-state index contributed by atoms with van der Waals surface area (Å²) in [5.74, 6) is 0.882. The van der Waals surface area contributed by atoms with E-state index in [4.69, 9.17) is 10.5 Å². The highest BCUT2D eigenvalue weighted by atomic mass is 35.5. The molecule has 1 unspecified atom stereocenters. The highest BCUT2D eigenvalue weighted by molar-refractivity contribution is 5.99. The van der Waals surface area contributed by atoms with Gasteiger partial charge in [-0.3, -0.25) is 9.59 Å². The van der Waals surface area contributed by atoms with Gasteiger partial charge in [-0.2, -0.15) is 0 Å². The quantitative estimate of drug-likeness (QED) is 0.857. The number of carbonyl (C=O) groups is 2. The van der Waals surface area contributed by atoms with Gasteiger partial charge in [-0.1, -0.05) is 0 Å². The Hall–Kier alpha value is -1.79. The first-order chi connectivity index (χ1) is 10.5. The average molecular weight is 340 g/mol. The van der Waals surface area contributed by atoms with Crippen molar-refractivity contribution < 1.29 is 14.3 Å². The Morgan fingerprint density at radius 2 is 2.09 bits per heavy atom. The van der Waals surface area contributed by atoms with E-state index in [1.807, 2.05) is 11.8 Å². The summed E-state index contributed by atoms with van der Waals surface area (Å²) in [6.45, 7) is 3.50. The molecule has 1 fully saturated rings. The Kier molecular flexibility index (Phi) is 5.49. The number of carbonyl (C=O) groups excluding carboxylic acids is 2. The van der Waals surface area contributed by atoms with Crippen LogP contribution in [0.15, 0.2) is 18.2 Å². The van der Waals surface area contributed by atoms with E-state index in [9.17, 15) is 9.59 Å². The molecule has 23 heavy (non-hydrogen) atoms. The molecule has 2 heterocycles. The molecular weight excluding hydrogens is 318 g/mol. The molecular formula is C16H22ClN3O3. The Morgan fingerprint density at radius 3 is 2.74 bits per heavy atom. The Labute approximate surface area is 141 Å². The monoisotopic (exact) mass is 339 g/mol. The number of nitrogens with two attached hydrogens (primary N) is 1. The molecule has 0 aromatic heterocycles. The lowest BCUT2D eigenvalue weighted by atomic mass is 9.90. The standard InChI is InChI=1S/C16H21N3O3.ClH/c1-10(17)11-4-6-19(7-5-11)16(21)12-2-3-14-13(8-12)18-15(20)9-22-14;/h2-3,8,10-11H,4-7,9,17H2,1H3,(H,18,20);1H. The van der Waals surface area contributed by atoms with Gasteiger partial charge < -0.3 is 20.7 Å². The van der Waals surface area contributed by atoms with Gasteiger partial charge in [-0.05, 0) is 43.9 Å². The first-order valence-corrected chi connectivity index (χ1v) is 7.66. The van der Waals surface area contributed by atoms with E-state index in [1.165, 1.54) is 0 Å². The second-order valence-corrected chi connectivity index (χ2v) is 6.04. The van der Waals surface area contributed by atoms with Crippen molar-refractivity contribution in [1.29, 1.82) is 0 Å². The molecule has 1 atom stereocenters. The van der Waals surface area contributed by atoms with Crippen LogP contribution in [0, 0.1) is 5.92 Å². The van der Waals surface area contributed by atoms with E-state index in [0.29, 0.717) is 22.9 Å². The van der Waals surface area contributed by atoms with Crippen molar-refractivity contribution in [2.24, 2.45) is 11.7 Å². The van der Waals surface area contributed by atoms with Crippen LogP contribution in [-0.4, -0.2) is 42.5 Å². The smallest absolute Gasteiger partial charge is 0.262 e. The summed E-state index contributed by atoms with van der Waals surface area (Å²) in [5, 5.41) is 2.73. The second-order valence-electron chi connectivity index (χ2n) is 6.04. The molecule has 0 saturated carbocycles. The first kappa shape index (κ1) is 17.6. The fraction of sp³-hybridized carbons (Fsp3) is 0.500. The van der Waals surface area contributed by atoms with Crippen molar-refractivity contribution in [3.05, 3.63) is 23.8 Å². The van der Waals surface area contributed by atoms with Gasteiger partial charge in [-0.25, -0.2) is 0 Å². The zero-order valence-corrected chi connectivity index (χ0v) is 13.9. The number of halogens is 1. The van der Waals surface area contributed by atoms with Gasteiger partial charge in [0.2, 0.25) is 0 Å². The summed E-state index contributed by atoms with van der Waals surface area (Å²) in [4.78, 5) is 25.8. The normalized spacial score (nSPS) is 19.0.